The zero-order chi connectivity index (χ0) is 20.4. The predicted octanol–water partition coefficient (Wildman–Crippen LogP) is 1.98. The van der Waals surface area contributed by atoms with E-state index in [-0.39, 0.29) is 11.3 Å². The van der Waals surface area contributed by atoms with E-state index in [1.54, 1.807) is 12.1 Å². The monoisotopic (exact) mass is 421 g/mol. The van der Waals surface area contributed by atoms with Crippen LogP contribution < -0.4 is 9.64 Å². The van der Waals surface area contributed by atoms with Crippen molar-refractivity contribution in [2.24, 2.45) is 0 Å². The Kier molecular flexibility index (Phi) is 6.07. The Morgan fingerprint density at radius 2 is 2.07 bits per heavy atom. The number of aliphatic hydroxyl groups excluding tert-OH is 1. The highest BCUT2D eigenvalue weighted by Gasteiger charge is 2.46. The number of aliphatic hydroxyl groups is 1. The number of carbonyl (C=O) groups excluding carboxylic acids is 2. The topological polar surface area (TPSA) is 71.3 Å². The van der Waals surface area contributed by atoms with Gasteiger partial charge in [-0.15, -0.1) is 11.3 Å². The van der Waals surface area contributed by atoms with Crippen LogP contribution in [0.5, 0.6) is 5.75 Å². The van der Waals surface area contributed by atoms with Crippen LogP contribution in [-0.2, 0) is 9.59 Å². The van der Waals surface area contributed by atoms with Gasteiger partial charge in [0.25, 0.3) is 11.7 Å². The first kappa shape index (κ1) is 20.4. The van der Waals surface area contributed by atoms with Crippen molar-refractivity contribution in [2.45, 2.75) is 6.04 Å². The van der Waals surface area contributed by atoms with Gasteiger partial charge in [-0.25, -0.2) is 0 Å². The van der Waals surface area contributed by atoms with Gasteiger partial charge in [0.1, 0.15) is 11.5 Å². The zero-order valence-electron chi connectivity index (χ0n) is 15.9. The lowest BCUT2D eigenvalue weighted by Gasteiger charge is -2.24. The Balaban J connectivity index is 2.10. The lowest BCUT2D eigenvalue weighted by molar-refractivity contribution is -0.857. The van der Waals surface area contributed by atoms with Crippen LogP contribution in [0.3, 0.4) is 0 Å². The second kappa shape index (κ2) is 8.34. The van der Waals surface area contributed by atoms with Gasteiger partial charge in [-0.2, -0.15) is 0 Å². The molecular formula is C20H22ClN2O4S+. The van der Waals surface area contributed by atoms with E-state index < -0.39 is 17.7 Å². The largest absolute Gasteiger partial charge is 0.507 e. The minimum absolute atomic E-state index is 0.0856. The van der Waals surface area contributed by atoms with E-state index in [4.69, 9.17) is 16.3 Å². The number of quaternary nitrogens is 1. The van der Waals surface area contributed by atoms with E-state index in [1.807, 2.05) is 31.6 Å². The summed E-state index contributed by atoms with van der Waals surface area (Å²) in [6.45, 7) is 1.10. The third-order valence-corrected chi connectivity index (χ3v) is 5.85. The van der Waals surface area contributed by atoms with Crippen molar-refractivity contribution < 1.29 is 24.3 Å². The van der Waals surface area contributed by atoms with E-state index >= 15 is 0 Å². The number of likely N-dealkylation sites (N-methyl/N-ethyl adjacent to an activating group) is 1. The van der Waals surface area contributed by atoms with E-state index in [0.29, 0.717) is 29.4 Å². The molecule has 0 saturated carbocycles. The highest BCUT2D eigenvalue weighted by Crippen LogP contribution is 2.41. The number of ketones is 1. The number of hydrogen-bond donors (Lipinski definition) is 2. The van der Waals surface area contributed by atoms with Crippen LogP contribution in [0.15, 0.2) is 41.3 Å². The normalized spacial score (nSPS) is 18.9. The van der Waals surface area contributed by atoms with Crippen molar-refractivity contribution in [2.75, 3.05) is 34.3 Å². The number of nitrogens with zero attached hydrogens (tertiary/aromatic N) is 1. The van der Waals surface area contributed by atoms with Crippen molar-refractivity contribution >= 4 is 40.4 Å². The molecule has 0 aliphatic carbocycles. The maximum Gasteiger partial charge on any atom is 0.295 e. The first-order chi connectivity index (χ1) is 13.3. The van der Waals surface area contributed by atoms with Crippen LogP contribution in [0.25, 0.3) is 5.76 Å². The second-order valence-electron chi connectivity index (χ2n) is 6.81. The standard InChI is InChI=1S/C20H21ClN2O4S/c1-22(2)8-9-23-17(15-5-4-10-28-15)16(19(25)20(23)26)18(24)12-6-7-14(27-3)13(21)11-12/h4-7,10-11,17,24H,8-9H2,1-3H3/p+1/t17-/m0/s1. The Morgan fingerprint density at radius 1 is 1.32 bits per heavy atom. The lowest BCUT2D eigenvalue weighted by atomic mass is 10.00. The van der Waals surface area contributed by atoms with Crippen molar-refractivity contribution in [1.29, 1.82) is 0 Å². The number of rotatable bonds is 6. The molecule has 3 rings (SSSR count). The maximum atomic E-state index is 12.8. The van der Waals surface area contributed by atoms with Crippen molar-refractivity contribution in [3.05, 3.63) is 56.7 Å². The van der Waals surface area contributed by atoms with Gasteiger partial charge in [0.05, 0.1) is 50.9 Å². The number of amides is 1. The molecule has 0 spiro atoms. The number of thiophene rings is 1. The van der Waals surface area contributed by atoms with E-state index in [0.717, 1.165) is 9.78 Å². The predicted molar refractivity (Wildman–Crippen MR) is 109 cm³/mol. The number of methoxy groups -OCH3 is 1. The van der Waals surface area contributed by atoms with Gasteiger partial charge >= 0.3 is 0 Å². The molecule has 1 saturated heterocycles. The smallest absolute Gasteiger partial charge is 0.295 e. The van der Waals surface area contributed by atoms with Gasteiger partial charge < -0.3 is 19.6 Å². The number of halogens is 1. The quantitative estimate of drug-likeness (QED) is 0.425. The Morgan fingerprint density at radius 3 is 2.64 bits per heavy atom. The number of hydrogen-bond acceptors (Lipinski definition) is 5. The summed E-state index contributed by atoms with van der Waals surface area (Å²) in [7, 11) is 5.46. The number of likely N-dealkylation sites (tertiary alicyclic amines) is 1. The second-order valence-corrected chi connectivity index (χ2v) is 8.20. The van der Waals surface area contributed by atoms with Crippen LogP contribution in [0, 0.1) is 0 Å². The average Bonchev–Trinajstić information content (AvgIpc) is 3.27. The van der Waals surface area contributed by atoms with Gasteiger partial charge in [0, 0.05) is 10.4 Å². The Hall–Kier alpha value is -2.35. The molecule has 0 bridgehead atoms. The van der Waals surface area contributed by atoms with Crippen molar-refractivity contribution in [3.8, 4) is 5.75 Å². The minimum Gasteiger partial charge on any atom is -0.507 e. The molecule has 6 nitrogen and oxygen atoms in total. The highest BCUT2D eigenvalue weighted by molar-refractivity contribution is 7.10. The van der Waals surface area contributed by atoms with Gasteiger partial charge in [-0.3, -0.25) is 9.59 Å². The third-order valence-electron chi connectivity index (χ3n) is 4.63. The zero-order valence-corrected chi connectivity index (χ0v) is 17.4. The van der Waals surface area contributed by atoms with Gasteiger partial charge in [0.2, 0.25) is 0 Å². The first-order valence-electron chi connectivity index (χ1n) is 8.80. The molecule has 1 aromatic heterocycles. The van der Waals surface area contributed by atoms with Gasteiger partial charge in [0.15, 0.2) is 0 Å². The minimum atomic E-state index is -0.684. The molecule has 2 N–H and O–H groups in total. The molecule has 1 aliphatic rings. The molecule has 1 aliphatic heterocycles. The van der Waals surface area contributed by atoms with Crippen molar-refractivity contribution in [1.82, 2.24) is 4.90 Å². The number of benzene rings is 1. The van der Waals surface area contributed by atoms with Crippen LogP contribution in [-0.4, -0.2) is 56.0 Å². The molecular weight excluding hydrogens is 400 g/mol. The molecule has 28 heavy (non-hydrogen) atoms. The number of carbonyl (C=O) groups is 2. The fourth-order valence-corrected chi connectivity index (χ4v) is 4.27. The highest BCUT2D eigenvalue weighted by atomic mass is 35.5. The van der Waals surface area contributed by atoms with Crippen LogP contribution >= 0.6 is 22.9 Å². The number of Topliss-reactive ketones (excluding diaryl/α,β-unsaturated/α-hetero) is 1. The molecule has 2 heterocycles. The fourth-order valence-electron chi connectivity index (χ4n) is 3.17. The van der Waals surface area contributed by atoms with Gasteiger partial charge in [-0.05, 0) is 29.6 Å². The van der Waals surface area contributed by atoms with Crippen molar-refractivity contribution in [3.63, 3.8) is 0 Å². The molecule has 2 aromatic rings. The fraction of sp³-hybridized carbons (Fsp3) is 0.300. The first-order valence-corrected chi connectivity index (χ1v) is 10.1. The van der Waals surface area contributed by atoms with E-state index in [2.05, 4.69) is 0 Å². The molecule has 0 radical (unpaired) electrons. The molecule has 1 amide bonds. The molecule has 0 unspecified atom stereocenters. The van der Waals surface area contributed by atoms with Crippen LogP contribution in [0.1, 0.15) is 16.5 Å². The average molecular weight is 422 g/mol. The Labute approximate surface area is 172 Å². The summed E-state index contributed by atoms with van der Waals surface area (Å²) >= 11 is 7.62. The summed E-state index contributed by atoms with van der Waals surface area (Å²) in [6.07, 6.45) is 0. The molecule has 8 heteroatoms. The summed E-state index contributed by atoms with van der Waals surface area (Å²) < 4.78 is 5.14. The number of ether oxygens (including phenoxy) is 1. The number of nitrogens with one attached hydrogen (secondary N) is 1. The molecule has 1 atom stereocenters. The summed E-state index contributed by atoms with van der Waals surface area (Å²) in [5, 5.41) is 13.1. The maximum absolute atomic E-state index is 12.8. The molecule has 1 aromatic carbocycles. The summed E-state index contributed by atoms with van der Waals surface area (Å²) in [5.41, 5.74) is 0.450. The Bertz CT molecular complexity index is 924. The summed E-state index contributed by atoms with van der Waals surface area (Å²) in [5.74, 6) is -1.05. The van der Waals surface area contributed by atoms with E-state index in [9.17, 15) is 14.7 Å². The SMILES string of the molecule is COc1ccc(C(O)=C2C(=O)C(=O)N(CC[NH+](C)C)[C@H]2c2cccs2)cc1Cl. The molecule has 1 fully saturated rings. The lowest BCUT2D eigenvalue weighted by Crippen LogP contribution is -3.06. The van der Waals surface area contributed by atoms with E-state index in [1.165, 1.54) is 29.4 Å². The van der Waals surface area contributed by atoms with Crippen LogP contribution in [0.2, 0.25) is 5.02 Å². The molecule has 148 valence electrons. The van der Waals surface area contributed by atoms with Gasteiger partial charge in [-0.1, -0.05) is 17.7 Å². The van der Waals surface area contributed by atoms with Crippen LogP contribution in [0.4, 0.5) is 0 Å². The summed E-state index contributed by atoms with van der Waals surface area (Å²) in [4.78, 5) is 29.1. The third kappa shape index (κ3) is 3.78. The summed E-state index contributed by atoms with van der Waals surface area (Å²) in [6, 6.07) is 7.87.